The Hall–Kier alpha value is -3.53. The summed E-state index contributed by atoms with van der Waals surface area (Å²) in [6.07, 6.45) is 7.59. The van der Waals surface area contributed by atoms with E-state index in [1.807, 2.05) is 12.3 Å². The van der Waals surface area contributed by atoms with Gasteiger partial charge in [-0.1, -0.05) is 0 Å². The van der Waals surface area contributed by atoms with Gasteiger partial charge in [-0.25, -0.2) is 9.78 Å². The molecular formula is C33H41N7O4S. The Bertz CT molecular complexity index is 1800. The predicted molar refractivity (Wildman–Crippen MR) is 171 cm³/mol. The van der Waals surface area contributed by atoms with Crippen LogP contribution in [0.25, 0.3) is 16.9 Å². The molecular weight excluding hydrogens is 590 g/mol. The van der Waals surface area contributed by atoms with Crippen molar-refractivity contribution >= 4 is 34.0 Å². The fourth-order valence-electron chi connectivity index (χ4n) is 8.13. The molecule has 0 amide bonds. The van der Waals surface area contributed by atoms with E-state index >= 15 is 0 Å². The number of rotatable bonds is 6. The van der Waals surface area contributed by atoms with Crippen LogP contribution in [-0.2, 0) is 35.0 Å². The first-order valence-electron chi connectivity index (χ1n) is 16.2. The average Bonchev–Trinajstić information content (AvgIpc) is 3.82. The zero-order chi connectivity index (χ0) is 31.5. The van der Waals surface area contributed by atoms with Crippen LogP contribution in [0, 0.1) is 17.2 Å². The van der Waals surface area contributed by atoms with E-state index in [-0.39, 0.29) is 41.1 Å². The standard InChI is InChI=1S/C33H41N7O4S/c1-19-13-20(16-43-19)15-40-30-27(39(3)32(40)42)31(44-17-22-7-6-12-38(22)2)37-29(36-30)26(35)23-8-4-10-33(28(23)41)11-5-9-24-25(33)21(14-34)18-45-24/h18-20,22H,4-13,15-17,35H2,1-3H3/b26-23-/t19-,20?,22-,33-/m0/s1. The van der Waals surface area contributed by atoms with Crippen LogP contribution in [0.1, 0.15) is 80.1 Å². The highest BCUT2D eigenvalue weighted by Gasteiger charge is 2.49. The highest BCUT2D eigenvalue weighted by molar-refractivity contribution is 7.10. The predicted octanol–water partition coefficient (Wildman–Crippen LogP) is 3.66. The molecule has 3 aromatic rings. The Morgan fingerprint density at radius 2 is 2.02 bits per heavy atom. The SMILES string of the molecule is C[C@H]1CC(Cn2c(=O)n(C)c3c(OC[C@@H]4CCCN4C)nc(/C(N)=C4\CCC[C@@]5(CCCc6scc(C#N)c65)C4=O)nc32)CO1. The number of hydrogen-bond donors (Lipinski definition) is 1. The number of thiophene rings is 1. The van der Waals surface area contributed by atoms with Gasteiger partial charge < -0.3 is 20.1 Å². The van der Waals surface area contributed by atoms with Crippen molar-refractivity contribution in [3.8, 4) is 11.9 Å². The molecule has 0 aromatic carbocycles. The molecule has 3 aromatic heterocycles. The molecule has 1 spiro atoms. The molecule has 0 radical (unpaired) electrons. The number of nitrogens with zero attached hydrogens (tertiary/aromatic N) is 6. The van der Waals surface area contributed by atoms with E-state index in [1.54, 1.807) is 27.5 Å². The summed E-state index contributed by atoms with van der Waals surface area (Å²) >= 11 is 1.58. The molecule has 2 aliphatic heterocycles. The van der Waals surface area contributed by atoms with Crippen LogP contribution < -0.4 is 16.2 Å². The van der Waals surface area contributed by atoms with Gasteiger partial charge in [0.15, 0.2) is 22.8 Å². The zero-order valence-corrected chi connectivity index (χ0v) is 27.1. The molecule has 4 atom stereocenters. The van der Waals surface area contributed by atoms with Gasteiger partial charge in [-0.3, -0.25) is 13.9 Å². The van der Waals surface area contributed by atoms with Crippen LogP contribution in [-0.4, -0.2) is 68.7 Å². The Labute approximate surface area is 266 Å². The van der Waals surface area contributed by atoms with Gasteiger partial charge >= 0.3 is 5.69 Å². The van der Waals surface area contributed by atoms with Crippen LogP contribution in [0.15, 0.2) is 15.7 Å². The van der Waals surface area contributed by atoms with Crippen molar-refractivity contribution in [3.05, 3.63) is 43.3 Å². The number of nitrogens with two attached hydrogens (primary N) is 1. The number of aromatic nitrogens is 4. The summed E-state index contributed by atoms with van der Waals surface area (Å²) in [4.78, 5) is 41.3. The maximum atomic E-state index is 14.5. The number of aryl methyl sites for hydroxylation is 2. The van der Waals surface area contributed by atoms with Crippen molar-refractivity contribution in [1.82, 2.24) is 24.0 Å². The summed E-state index contributed by atoms with van der Waals surface area (Å²) < 4.78 is 15.4. The number of imidazole rings is 1. The Morgan fingerprint density at radius 3 is 2.73 bits per heavy atom. The second kappa shape index (κ2) is 11.7. The molecule has 1 saturated carbocycles. The molecule has 1 unspecified atom stereocenters. The van der Waals surface area contributed by atoms with Crippen molar-refractivity contribution in [2.75, 3.05) is 26.8 Å². The second-order valence-electron chi connectivity index (χ2n) is 13.4. The fraction of sp³-hybridized carbons (Fsp3) is 0.606. The lowest BCUT2D eigenvalue weighted by Crippen LogP contribution is -2.43. The Kier molecular flexibility index (Phi) is 7.82. The third kappa shape index (κ3) is 5.00. The fourth-order valence-corrected chi connectivity index (χ4v) is 9.25. The maximum Gasteiger partial charge on any atom is 0.330 e. The number of likely N-dealkylation sites (N-methyl/N-ethyl adjacent to an activating group) is 1. The van der Waals surface area contributed by atoms with Crippen molar-refractivity contribution in [2.45, 2.75) is 88.8 Å². The van der Waals surface area contributed by atoms with Gasteiger partial charge in [-0.15, -0.1) is 11.3 Å². The number of likely N-dealkylation sites (tertiary alicyclic amines) is 1. The van der Waals surface area contributed by atoms with E-state index < -0.39 is 5.41 Å². The van der Waals surface area contributed by atoms with Crippen molar-refractivity contribution in [2.24, 2.45) is 18.7 Å². The summed E-state index contributed by atoms with van der Waals surface area (Å²) in [5.74, 6) is 0.656. The smallest absolute Gasteiger partial charge is 0.330 e. The second-order valence-corrected chi connectivity index (χ2v) is 14.3. The van der Waals surface area contributed by atoms with Crippen molar-refractivity contribution in [3.63, 3.8) is 0 Å². The van der Waals surface area contributed by atoms with Crippen LogP contribution in [0.5, 0.6) is 5.88 Å². The van der Waals surface area contributed by atoms with Gasteiger partial charge in [0.1, 0.15) is 12.7 Å². The Morgan fingerprint density at radius 1 is 1.22 bits per heavy atom. The normalized spacial score (nSPS) is 28.1. The summed E-state index contributed by atoms with van der Waals surface area (Å²) in [6.45, 7) is 4.52. The molecule has 238 valence electrons. The average molecular weight is 632 g/mol. The van der Waals surface area contributed by atoms with Crippen LogP contribution in [0.3, 0.4) is 0 Å². The van der Waals surface area contributed by atoms with E-state index in [0.29, 0.717) is 67.2 Å². The van der Waals surface area contributed by atoms with Crippen LogP contribution >= 0.6 is 11.3 Å². The minimum absolute atomic E-state index is 0.0246. The highest BCUT2D eigenvalue weighted by Crippen LogP contribution is 2.50. The number of hydrogen-bond acceptors (Lipinski definition) is 10. The number of Topliss-reactive ketones (excluding diaryl/α,β-unsaturated/α-hetero) is 1. The molecule has 0 bridgehead atoms. The van der Waals surface area contributed by atoms with Gasteiger partial charge in [0.25, 0.3) is 0 Å². The summed E-state index contributed by atoms with van der Waals surface area (Å²) in [6, 6.07) is 2.58. The number of nitriles is 1. The topological polar surface area (TPSA) is 141 Å². The molecule has 2 aliphatic carbocycles. The lowest BCUT2D eigenvalue weighted by atomic mass is 9.61. The van der Waals surface area contributed by atoms with E-state index in [4.69, 9.17) is 25.2 Å². The van der Waals surface area contributed by atoms with Gasteiger partial charge in [0.05, 0.1) is 29.4 Å². The van der Waals surface area contributed by atoms with Crippen molar-refractivity contribution < 1.29 is 14.3 Å². The molecule has 45 heavy (non-hydrogen) atoms. The Balaban J connectivity index is 1.34. The molecule has 11 nitrogen and oxygen atoms in total. The number of fused-ring (bicyclic) bond motifs is 3. The largest absolute Gasteiger partial charge is 0.474 e. The van der Waals surface area contributed by atoms with Gasteiger partial charge in [-0.2, -0.15) is 10.2 Å². The third-order valence-corrected chi connectivity index (χ3v) is 11.6. The first-order valence-corrected chi connectivity index (χ1v) is 17.1. The quantitative estimate of drug-likeness (QED) is 0.404. The van der Waals surface area contributed by atoms with Gasteiger partial charge in [0.2, 0.25) is 5.88 Å². The molecule has 3 fully saturated rings. The number of ether oxygens (including phenoxy) is 2. The van der Waals surface area contributed by atoms with E-state index in [0.717, 1.165) is 55.5 Å². The van der Waals surface area contributed by atoms with E-state index in [9.17, 15) is 14.9 Å². The van der Waals surface area contributed by atoms with Gasteiger partial charge in [-0.05, 0) is 83.9 Å². The van der Waals surface area contributed by atoms with E-state index in [2.05, 4.69) is 18.0 Å². The third-order valence-electron chi connectivity index (χ3n) is 10.5. The van der Waals surface area contributed by atoms with Gasteiger partial charge in [0, 0.05) is 41.4 Å². The minimum Gasteiger partial charge on any atom is -0.474 e. The molecule has 5 heterocycles. The molecule has 12 heteroatoms. The number of allylic oxidation sites excluding steroid dienone is 1. The molecule has 7 rings (SSSR count). The highest BCUT2D eigenvalue weighted by atomic mass is 32.1. The number of carbonyl (C=O) groups is 1. The molecule has 2 N–H and O–H groups in total. The van der Waals surface area contributed by atoms with E-state index in [1.165, 1.54) is 0 Å². The maximum absolute atomic E-state index is 14.5. The van der Waals surface area contributed by atoms with Crippen molar-refractivity contribution in [1.29, 1.82) is 5.26 Å². The summed E-state index contributed by atoms with van der Waals surface area (Å²) in [5.41, 5.74) is 9.15. The van der Waals surface area contributed by atoms with Crippen LogP contribution in [0.4, 0.5) is 0 Å². The minimum atomic E-state index is -0.749. The monoisotopic (exact) mass is 631 g/mol. The van der Waals surface area contributed by atoms with Crippen LogP contribution in [0.2, 0.25) is 0 Å². The number of ketones is 1. The molecule has 2 saturated heterocycles. The summed E-state index contributed by atoms with van der Waals surface area (Å²) in [5, 5.41) is 11.8. The molecule has 4 aliphatic rings. The zero-order valence-electron chi connectivity index (χ0n) is 26.3. The lowest BCUT2D eigenvalue weighted by Gasteiger charge is -2.40. The first kappa shape index (κ1) is 30.1. The lowest BCUT2D eigenvalue weighted by molar-refractivity contribution is -0.122. The first-order chi connectivity index (χ1) is 21.7. The number of carbonyl (C=O) groups excluding carboxylic acids is 1. The summed E-state index contributed by atoms with van der Waals surface area (Å²) in [7, 11) is 3.81.